The van der Waals surface area contributed by atoms with Gasteiger partial charge in [0.1, 0.15) is 6.10 Å². The number of hydrogen-bond acceptors (Lipinski definition) is 2. The highest BCUT2D eigenvalue weighted by atomic mass is 16.5. The van der Waals surface area contributed by atoms with Crippen molar-refractivity contribution in [1.29, 1.82) is 0 Å². The quantitative estimate of drug-likeness (QED) is 0.366. The van der Waals surface area contributed by atoms with Crippen LogP contribution in [-0.4, -0.2) is 18.0 Å². The molecule has 0 fully saturated rings. The summed E-state index contributed by atoms with van der Waals surface area (Å²) in [5.41, 5.74) is 0. The fourth-order valence-electron chi connectivity index (χ4n) is 2.92. The predicted molar refractivity (Wildman–Crippen MR) is 93.1 cm³/mol. The van der Waals surface area contributed by atoms with Crippen LogP contribution in [0.2, 0.25) is 0 Å². The van der Waals surface area contributed by atoms with E-state index in [0.29, 0.717) is 6.04 Å². The van der Waals surface area contributed by atoms with Crippen molar-refractivity contribution in [2.24, 2.45) is 4.99 Å². The van der Waals surface area contributed by atoms with Crippen LogP contribution >= 0.6 is 0 Å². The molecule has 0 bridgehead atoms. The molecule has 0 spiro atoms. The van der Waals surface area contributed by atoms with Crippen molar-refractivity contribution < 1.29 is 4.74 Å². The van der Waals surface area contributed by atoms with Crippen molar-refractivity contribution in [1.82, 2.24) is 0 Å². The lowest BCUT2D eigenvalue weighted by Gasteiger charge is -2.07. The van der Waals surface area contributed by atoms with E-state index in [2.05, 4.69) is 25.8 Å². The van der Waals surface area contributed by atoms with Crippen LogP contribution in [0, 0.1) is 0 Å². The van der Waals surface area contributed by atoms with Crippen molar-refractivity contribution in [2.75, 3.05) is 0 Å². The molecule has 0 amide bonds. The number of unbranched alkanes of at least 4 members (excludes halogenated alkanes) is 11. The Labute approximate surface area is 132 Å². The van der Waals surface area contributed by atoms with E-state index in [1.807, 2.05) is 0 Å². The lowest BCUT2D eigenvalue weighted by atomic mass is 10.0. The SMILES string of the molecule is CCCCCCCCCCCCCCC1=NC(C)C(C)O1. The van der Waals surface area contributed by atoms with Gasteiger partial charge in [-0.15, -0.1) is 0 Å². The van der Waals surface area contributed by atoms with E-state index in [4.69, 9.17) is 4.74 Å². The predicted octanol–water partition coefficient (Wildman–Crippen LogP) is 6.28. The Bertz CT molecular complexity index is 275. The molecule has 2 nitrogen and oxygen atoms in total. The first-order valence-corrected chi connectivity index (χ1v) is 9.47. The summed E-state index contributed by atoms with van der Waals surface area (Å²) in [4.78, 5) is 4.55. The maximum atomic E-state index is 5.72. The fraction of sp³-hybridized carbons (Fsp3) is 0.947. The molecule has 1 aliphatic rings. The zero-order valence-electron chi connectivity index (χ0n) is 14.7. The van der Waals surface area contributed by atoms with Gasteiger partial charge in [-0.3, -0.25) is 0 Å². The van der Waals surface area contributed by atoms with Crippen LogP contribution in [0.25, 0.3) is 0 Å². The third-order valence-corrected chi connectivity index (χ3v) is 4.59. The Hall–Kier alpha value is -0.530. The highest BCUT2D eigenvalue weighted by molar-refractivity contribution is 5.77. The minimum atomic E-state index is 0.289. The molecule has 2 unspecified atom stereocenters. The lowest BCUT2D eigenvalue weighted by Crippen LogP contribution is -2.14. The molecule has 1 rings (SSSR count). The Morgan fingerprint density at radius 2 is 1.24 bits per heavy atom. The van der Waals surface area contributed by atoms with Crippen LogP contribution in [0.3, 0.4) is 0 Å². The van der Waals surface area contributed by atoms with Gasteiger partial charge in [-0.1, -0.05) is 77.6 Å². The summed E-state index contributed by atoms with van der Waals surface area (Å²) in [6, 6.07) is 0.359. The van der Waals surface area contributed by atoms with Gasteiger partial charge < -0.3 is 4.74 Å². The monoisotopic (exact) mass is 295 g/mol. The molecule has 0 radical (unpaired) electrons. The molecule has 0 aromatic rings. The summed E-state index contributed by atoms with van der Waals surface area (Å²) in [6.45, 7) is 6.54. The number of rotatable bonds is 13. The fourth-order valence-corrected chi connectivity index (χ4v) is 2.92. The smallest absolute Gasteiger partial charge is 0.183 e. The third-order valence-electron chi connectivity index (χ3n) is 4.59. The summed E-state index contributed by atoms with van der Waals surface area (Å²) in [5.74, 6) is 1.00. The maximum Gasteiger partial charge on any atom is 0.183 e. The Kier molecular flexibility index (Phi) is 10.6. The maximum absolute atomic E-state index is 5.72. The molecule has 2 atom stereocenters. The standard InChI is InChI=1S/C19H37NO/c1-4-5-6-7-8-9-10-11-12-13-14-15-16-19-20-17(2)18(3)21-19/h17-18H,4-16H2,1-3H3. The number of hydrogen-bond donors (Lipinski definition) is 0. The van der Waals surface area contributed by atoms with Crippen LogP contribution in [0.4, 0.5) is 0 Å². The van der Waals surface area contributed by atoms with Crippen LogP contribution in [0.5, 0.6) is 0 Å². The first-order valence-electron chi connectivity index (χ1n) is 9.47. The molecule has 0 saturated carbocycles. The van der Waals surface area contributed by atoms with E-state index in [1.54, 1.807) is 0 Å². The normalized spacial score (nSPS) is 21.4. The van der Waals surface area contributed by atoms with Gasteiger partial charge in [0.15, 0.2) is 5.90 Å². The lowest BCUT2D eigenvalue weighted by molar-refractivity contribution is 0.213. The molecule has 0 saturated heterocycles. The largest absolute Gasteiger partial charge is 0.476 e. The molecule has 1 aliphatic heterocycles. The summed E-state index contributed by atoms with van der Waals surface area (Å²) in [7, 11) is 0. The molecule has 21 heavy (non-hydrogen) atoms. The van der Waals surface area contributed by atoms with Crippen molar-refractivity contribution in [3.05, 3.63) is 0 Å². The van der Waals surface area contributed by atoms with Crippen molar-refractivity contribution in [2.45, 2.75) is 116 Å². The van der Waals surface area contributed by atoms with Gasteiger partial charge in [0.2, 0.25) is 0 Å². The first kappa shape index (κ1) is 18.5. The van der Waals surface area contributed by atoms with Gasteiger partial charge in [0, 0.05) is 6.42 Å². The molecule has 0 aliphatic carbocycles. The van der Waals surface area contributed by atoms with E-state index < -0.39 is 0 Å². The second kappa shape index (κ2) is 12.1. The van der Waals surface area contributed by atoms with E-state index in [0.717, 1.165) is 12.3 Å². The van der Waals surface area contributed by atoms with Crippen LogP contribution in [0.15, 0.2) is 4.99 Å². The Morgan fingerprint density at radius 1 is 0.762 bits per heavy atom. The summed E-state index contributed by atoms with van der Waals surface area (Å²) >= 11 is 0. The van der Waals surface area contributed by atoms with Crippen molar-refractivity contribution >= 4 is 5.90 Å². The van der Waals surface area contributed by atoms with E-state index >= 15 is 0 Å². The second-order valence-electron chi connectivity index (χ2n) is 6.73. The van der Waals surface area contributed by atoms with Gasteiger partial charge in [-0.05, 0) is 20.3 Å². The minimum Gasteiger partial charge on any atom is -0.476 e. The zero-order chi connectivity index (χ0) is 15.3. The minimum absolute atomic E-state index is 0.289. The van der Waals surface area contributed by atoms with Gasteiger partial charge in [-0.25, -0.2) is 4.99 Å². The number of aliphatic imine (C=N–C) groups is 1. The average Bonchev–Trinajstić information content (AvgIpc) is 2.79. The molecule has 2 heteroatoms. The highest BCUT2D eigenvalue weighted by Crippen LogP contribution is 2.17. The highest BCUT2D eigenvalue weighted by Gasteiger charge is 2.21. The van der Waals surface area contributed by atoms with E-state index in [-0.39, 0.29) is 6.10 Å². The molecule has 0 aromatic carbocycles. The van der Waals surface area contributed by atoms with Crippen molar-refractivity contribution in [3.8, 4) is 0 Å². The van der Waals surface area contributed by atoms with Crippen LogP contribution in [0.1, 0.15) is 104 Å². The summed E-state index contributed by atoms with van der Waals surface area (Å²) in [5, 5.41) is 0. The van der Waals surface area contributed by atoms with Gasteiger partial charge in [0.25, 0.3) is 0 Å². The molecular formula is C19H37NO. The molecular weight excluding hydrogens is 258 g/mol. The third kappa shape index (κ3) is 9.16. The van der Waals surface area contributed by atoms with Crippen LogP contribution < -0.4 is 0 Å². The molecule has 0 aromatic heterocycles. The average molecular weight is 296 g/mol. The number of ether oxygens (including phenoxy) is 1. The Morgan fingerprint density at radius 3 is 1.67 bits per heavy atom. The van der Waals surface area contributed by atoms with E-state index in [1.165, 1.54) is 77.0 Å². The topological polar surface area (TPSA) is 21.6 Å². The van der Waals surface area contributed by atoms with Gasteiger partial charge >= 0.3 is 0 Å². The van der Waals surface area contributed by atoms with Crippen LogP contribution in [-0.2, 0) is 4.74 Å². The van der Waals surface area contributed by atoms with Gasteiger partial charge in [0.05, 0.1) is 6.04 Å². The summed E-state index contributed by atoms with van der Waals surface area (Å²) in [6.07, 6.45) is 18.2. The second-order valence-corrected chi connectivity index (χ2v) is 6.73. The summed E-state index contributed by atoms with van der Waals surface area (Å²) < 4.78 is 5.72. The Balaban J connectivity index is 1.78. The number of nitrogens with zero attached hydrogens (tertiary/aromatic N) is 1. The molecule has 0 N–H and O–H groups in total. The molecule has 1 heterocycles. The van der Waals surface area contributed by atoms with E-state index in [9.17, 15) is 0 Å². The van der Waals surface area contributed by atoms with Gasteiger partial charge in [-0.2, -0.15) is 0 Å². The first-order chi connectivity index (χ1) is 10.2. The van der Waals surface area contributed by atoms with Crippen molar-refractivity contribution in [3.63, 3.8) is 0 Å². The molecule has 124 valence electrons. The zero-order valence-corrected chi connectivity index (χ0v) is 14.7.